The number of hydrogen-bond donors (Lipinski definition) is 3. The molecule has 2 aromatic rings. The first-order valence-corrected chi connectivity index (χ1v) is 10.2. The summed E-state index contributed by atoms with van der Waals surface area (Å²) in [5, 5.41) is 16.4. The van der Waals surface area contributed by atoms with Gasteiger partial charge in [0.2, 0.25) is 5.91 Å². The van der Waals surface area contributed by atoms with E-state index in [4.69, 9.17) is 5.11 Å². The standard InChI is InChI=1S/C21H27N3O4S/c1-12(2)17(19(27)28)23-16(25)10-15-11-29-20(22-15)24-18(26)13-6-8-14(9-7-13)21(3,4)5/h6-9,11-12,17H,10H2,1-5H3,(H,23,25)(H,27,28)(H,22,24,26). The van der Waals surface area contributed by atoms with E-state index in [-0.39, 0.29) is 23.7 Å². The van der Waals surface area contributed by atoms with E-state index in [1.54, 1.807) is 31.4 Å². The number of aliphatic carboxylic acids is 1. The van der Waals surface area contributed by atoms with Crippen LogP contribution in [0.3, 0.4) is 0 Å². The Kier molecular flexibility index (Phi) is 7.13. The van der Waals surface area contributed by atoms with Gasteiger partial charge in [0.05, 0.1) is 12.1 Å². The van der Waals surface area contributed by atoms with Gasteiger partial charge in [-0.2, -0.15) is 0 Å². The van der Waals surface area contributed by atoms with Gasteiger partial charge >= 0.3 is 5.97 Å². The van der Waals surface area contributed by atoms with Gasteiger partial charge in [0.15, 0.2) is 5.13 Å². The summed E-state index contributed by atoms with van der Waals surface area (Å²) in [6.45, 7) is 9.77. The highest BCUT2D eigenvalue weighted by Gasteiger charge is 2.23. The fourth-order valence-electron chi connectivity index (χ4n) is 2.64. The molecule has 0 aliphatic rings. The Bertz CT molecular complexity index is 882. The third-order valence-electron chi connectivity index (χ3n) is 4.38. The van der Waals surface area contributed by atoms with Crippen molar-refractivity contribution in [2.75, 3.05) is 5.32 Å². The maximum absolute atomic E-state index is 12.4. The third kappa shape index (κ3) is 6.39. The predicted octanol–water partition coefficient (Wildman–Crippen LogP) is 3.46. The van der Waals surface area contributed by atoms with E-state index in [2.05, 4.69) is 36.4 Å². The number of anilines is 1. The Morgan fingerprint density at radius 3 is 2.28 bits per heavy atom. The molecule has 7 nitrogen and oxygen atoms in total. The van der Waals surface area contributed by atoms with Crippen LogP contribution in [0.1, 0.15) is 56.2 Å². The minimum atomic E-state index is -1.07. The average molecular weight is 418 g/mol. The van der Waals surface area contributed by atoms with Crippen molar-refractivity contribution in [1.29, 1.82) is 0 Å². The van der Waals surface area contributed by atoms with Crippen molar-refractivity contribution in [2.24, 2.45) is 5.92 Å². The number of aromatic nitrogens is 1. The molecule has 2 amide bonds. The van der Waals surface area contributed by atoms with Crippen molar-refractivity contribution in [1.82, 2.24) is 10.3 Å². The number of nitrogens with one attached hydrogen (secondary N) is 2. The molecule has 0 aliphatic carbocycles. The van der Waals surface area contributed by atoms with Gasteiger partial charge in [-0.15, -0.1) is 11.3 Å². The first-order chi connectivity index (χ1) is 13.5. The number of carbonyl (C=O) groups excluding carboxylic acids is 2. The summed E-state index contributed by atoms with van der Waals surface area (Å²) in [5.74, 6) is -2.00. The van der Waals surface area contributed by atoms with Gasteiger partial charge in [-0.3, -0.25) is 14.9 Å². The molecule has 0 saturated heterocycles. The van der Waals surface area contributed by atoms with Crippen LogP contribution >= 0.6 is 11.3 Å². The summed E-state index contributed by atoms with van der Waals surface area (Å²) in [4.78, 5) is 40.0. The Morgan fingerprint density at radius 2 is 1.76 bits per heavy atom. The Labute approximate surface area is 174 Å². The van der Waals surface area contributed by atoms with Crippen molar-refractivity contribution in [3.05, 3.63) is 46.5 Å². The zero-order valence-electron chi connectivity index (χ0n) is 17.3. The topological polar surface area (TPSA) is 108 Å². The molecule has 8 heteroatoms. The minimum Gasteiger partial charge on any atom is -0.480 e. The van der Waals surface area contributed by atoms with Crippen LogP contribution in [0, 0.1) is 5.92 Å². The van der Waals surface area contributed by atoms with Crippen molar-refractivity contribution < 1.29 is 19.5 Å². The smallest absolute Gasteiger partial charge is 0.326 e. The minimum absolute atomic E-state index is 0.00893. The Balaban J connectivity index is 1.97. The number of thiazole rings is 1. The maximum Gasteiger partial charge on any atom is 0.326 e. The van der Waals surface area contributed by atoms with Gasteiger partial charge < -0.3 is 10.4 Å². The molecule has 0 aliphatic heterocycles. The number of amides is 2. The van der Waals surface area contributed by atoms with Gasteiger partial charge in [-0.05, 0) is 29.0 Å². The predicted molar refractivity (Wildman–Crippen MR) is 113 cm³/mol. The van der Waals surface area contributed by atoms with Crippen LogP contribution in [0.4, 0.5) is 5.13 Å². The van der Waals surface area contributed by atoms with Crippen LogP contribution in [0.5, 0.6) is 0 Å². The SMILES string of the molecule is CC(C)C(NC(=O)Cc1csc(NC(=O)c2ccc(C(C)(C)C)cc2)n1)C(=O)O. The van der Waals surface area contributed by atoms with Crippen molar-refractivity contribution in [2.45, 2.75) is 52.5 Å². The molecule has 156 valence electrons. The van der Waals surface area contributed by atoms with E-state index in [1.165, 1.54) is 11.3 Å². The molecule has 1 aromatic carbocycles. The zero-order chi connectivity index (χ0) is 21.8. The lowest BCUT2D eigenvalue weighted by Crippen LogP contribution is -2.44. The number of carboxylic acids is 1. The Hall–Kier alpha value is -2.74. The highest BCUT2D eigenvalue weighted by atomic mass is 32.1. The second kappa shape index (κ2) is 9.17. The van der Waals surface area contributed by atoms with E-state index in [9.17, 15) is 14.4 Å². The second-order valence-corrected chi connectivity index (χ2v) is 9.09. The van der Waals surface area contributed by atoms with Crippen LogP contribution < -0.4 is 10.6 Å². The second-order valence-electron chi connectivity index (χ2n) is 8.23. The van der Waals surface area contributed by atoms with E-state index < -0.39 is 17.9 Å². The summed E-state index contributed by atoms with van der Waals surface area (Å²) in [7, 11) is 0. The quantitative estimate of drug-likeness (QED) is 0.639. The molecule has 0 bridgehead atoms. The third-order valence-corrected chi connectivity index (χ3v) is 5.18. The number of carboxylic acid groups (broad SMARTS) is 1. The van der Waals surface area contributed by atoms with Crippen LogP contribution in [-0.4, -0.2) is 33.9 Å². The van der Waals surface area contributed by atoms with Crippen LogP contribution in [-0.2, 0) is 21.4 Å². The van der Waals surface area contributed by atoms with Gasteiger partial charge in [0.1, 0.15) is 6.04 Å². The van der Waals surface area contributed by atoms with Crippen molar-refractivity contribution >= 4 is 34.3 Å². The molecular formula is C21H27N3O4S. The lowest BCUT2D eigenvalue weighted by Gasteiger charge is -2.18. The number of rotatable bonds is 7. The average Bonchev–Trinajstić information content (AvgIpc) is 3.05. The molecule has 1 aromatic heterocycles. The van der Waals surface area contributed by atoms with Crippen molar-refractivity contribution in [3.63, 3.8) is 0 Å². The van der Waals surface area contributed by atoms with Gasteiger partial charge in [-0.25, -0.2) is 9.78 Å². The summed E-state index contributed by atoms with van der Waals surface area (Å²) in [5.41, 5.74) is 2.14. The molecule has 2 rings (SSSR count). The summed E-state index contributed by atoms with van der Waals surface area (Å²) < 4.78 is 0. The molecule has 1 heterocycles. The molecule has 0 fully saturated rings. The molecule has 3 N–H and O–H groups in total. The molecule has 0 spiro atoms. The highest BCUT2D eigenvalue weighted by molar-refractivity contribution is 7.14. The molecule has 1 atom stereocenters. The summed E-state index contributed by atoms with van der Waals surface area (Å²) >= 11 is 1.21. The van der Waals surface area contributed by atoms with E-state index >= 15 is 0 Å². The fraction of sp³-hybridized carbons (Fsp3) is 0.429. The number of hydrogen-bond acceptors (Lipinski definition) is 5. The summed E-state index contributed by atoms with van der Waals surface area (Å²) in [6, 6.07) is 6.46. The summed E-state index contributed by atoms with van der Waals surface area (Å²) in [6.07, 6.45) is -0.0524. The largest absolute Gasteiger partial charge is 0.480 e. The first kappa shape index (κ1) is 22.5. The Morgan fingerprint density at radius 1 is 1.14 bits per heavy atom. The van der Waals surface area contributed by atoms with Gasteiger partial charge in [-0.1, -0.05) is 46.8 Å². The highest BCUT2D eigenvalue weighted by Crippen LogP contribution is 2.23. The van der Waals surface area contributed by atoms with Gasteiger partial charge in [0.25, 0.3) is 5.91 Å². The van der Waals surface area contributed by atoms with Crippen LogP contribution in [0.15, 0.2) is 29.6 Å². The molecule has 29 heavy (non-hydrogen) atoms. The van der Waals surface area contributed by atoms with Gasteiger partial charge in [0, 0.05) is 10.9 Å². The lowest BCUT2D eigenvalue weighted by atomic mass is 9.87. The van der Waals surface area contributed by atoms with E-state index in [0.29, 0.717) is 16.4 Å². The fourth-order valence-corrected chi connectivity index (χ4v) is 3.34. The molecular weight excluding hydrogens is 390 g/mol. The van der Waals surface area contributed by atoms with Crippen LogP contribution in [0.25, 0.3) is 0 Å². The maximum atomic E-state index is 12.4. The van der Waals surface area contributed by atoms with E-state index in [0.717, 1.165) is 5.56 Å². The molecule has 0 radical (unpaired) electrons. The number of carbonyl (C=O) groups is 3. The normalized spacial score (nSPS) is 12.5. The van der Waals surface area contributed by atoms with Crippen molar-refractivity contribution in [3.8, 4) is 0 Å². The molecule has 0 saturated carbocycles. The molecule has 1 unspecified atom stereocenters. The number of nitrogens with zero attached hydrogens (tertiary/aromatic N) is 1. The first-order valence-electron chi connectivity index (χ1n) is 9.36. The monoisotopic (exact) mass is 417 g/mol. The van der Waals surface area contributed by atoms with Crippen LogP contribution in [0.2, 0.25) is 0 Å². The zero-order valence-corrected chi connectivity index (χ0v) is 18.1. The van der Waals surface area contributed by atoms with E-state index in [1.807, 2.05) is 12.1 Å². The lowest BCUT2D eigenvalue weighted by molar-refractivity contribution is -0.143. The number of benzene rings is 1.